The first-order valence-electron chi connectivity index (χ1n) is 6.99. The molecule has 0 aliphatic carbocycles. The summed E-state index contributed by atoms with van der Waals surface area (Å²) in [4.78, 5) is 16.3. The lowest BCUT2D eigenvalue weighted by Gasteiger charge is -2.09. The van der Waals surface area contributed by atoms with Gasteiger partial charge in [-0.15, -0.1) is 5.10 Å². The summed E-state index contributed by atoms with van der Waals surface area (Å²) in [6.07, 6.45) is 1.55. The second kappa shape index (κ2) is 5.15. The molecular formula is C16H12N6O. The minimum absolute atomic E-state index is 0.150. The molecular weight excluding hydrogens is 292 g/mol. The third-order valence-electron chi connectivity index (χ3n) is 3.65. The largest absolute Gasteiger partial charge is 0.289 e. The molecule has 2 aromatic carbocycles. The number of nitrogen functional groups attached to an aromatic ring is 1. The molecule has 1 amide bonds. The fourth-order valence-electron chi connectivity index (χ4n) is 2.62. The average molecular weight is 304 g/mol. The Bertz CT molecular complexity index is 985. The van der Waals surface area contributed by atoms with Crippen LogP contribution in [0, 0.1) is 0 Å². The average Bonchev–Trinajstić information content (AvgIpc) is 3.08. The van der Waals surface area contributed by atoms with Crippen LogP contribution in [0.2, 0.25) is 0 Å². The number of fused-ring (bicyclic) bond motifs is 2. The summed E-state index contributed by atoms with van der Waals surface area (Å²) in [5, 5.41) is 9.81. The Morgan fingerprint density at radius 2 is 1.61 bits per heavy atom. The Morgan fingerprint density at radius 3 is 2.22 bits per heavy atom. The van der Waals surface area contributed by atoms with Gasteiger partial charge in [0.1, 0.15) is 0 Å². The summed E-state index contributed by atoms with van der Waals surface area (Å²) in [6, 6.07) is 15.6. The predicted octanol–water partition coefficient (Wildman–Crippen LogP) is 1.57. The highest BCUT2D eigenvalue weighted by Crippen LogP contribution is 2.28. The van der Waals surface area contributed by atoms with Gasteiger partial charge in [0.2, 0.25) is 0 Å². The molecule has 0 unspecified atom stereocenters. The monoisotopic (exact) mass is 304 g/mol. The van der Waals surface area contributed by atoms with E-state index >= 15 is 0 Å². The van der Waals surface area contributed by atoms with E-state index < -0.39 is 5.91 Å². The normalized spacial score (nSPS) is 11.0. The molecule has 0 bridgehead atoms. The Kier molecular flexibility index (Phi) is 2.99. The lowest BCUT2D eigenvalue weighted by molar-refractivity contribution is 0.0948. The molecule has 0 aliphatic heterocycles. The van der Waals surface area contributed by atoms with Crippen LogP contribution < -0.4 is 11.3 Å². The van der Waals surface area contributed by atoms with E-state index in [2.05, 4.69) is 20.7 Å². The van der Waals surface area contributed by atoms with Crippen molar-refractivity contribution in [3.63, 3.8) is 0 Å². The van der Waals surface area contributed by atoms with Crippen LogP contribution >= 0.6 is 0 Å². The molecule has 3 N–H and O–H groups in total. The van der Waals surface area contributed by atoms with Crippen molar-refractivity contribution < 1.29 is 4.79 Å². The molecule has 23 heavy (non-hydrogen) atoms. The van der Waals surface area contributed by atoms with Gasteiger partial charge in [-0.2, -0.15) is 0 Å². The zero-order valence-electron chi connectivity index (χ0n) is 12.0. The van der Waals surface area contributed by atoms with Crippen LogP contribution in [0.5, 0.6) is 0 Å². The number of carbonyl (C=O) groups is 1. The van der Waals surface area contributed by atoms with Gasteiger partial charge in [-0.3, -0.25) is 10.2 Å². The van der Waals surface area contributed by atoms with E-state index in [1.807, 2.05) is 48.5 Å². The number of nitrogens with one attached hydrogen (secondary N) is 1. The molecule has 7 nitrogen and oxygen atoms in total. The summed E-state index contributed by atoms with van der Waals surface area (Å²) in [5.74, 6) is 4.66. The maximum Gasteiger partial charge on any atom is 0.287 e. The molecule has 2 aromatic heterocycles. The SMILES string of the molecule is NNC(=O)c1cn(-c2c3ccccc3nc3ccccc23)nn1. The number of nitrogens with two attached hydrogens (primary N) is 1. The topological polar surface area (TPSA) is 98.7 Å². The van der Waals surface area contributed by atoms with Gasteiger partial charge in [-0.1, -0.05) is 41.6 Å². The molecule has 4 rings (SSSR count). The van der Waals surface area contributed by atoms with Gasteiger partial charge in [-0.05, 0) is 12.1 Å². The van der Waals surface area contributed by atoms with Crippen LogP contribution in [-0.2, 0) is 0 Å². The Hall–Kier alpha value is -3.32. The molecule has 112 valence electrons. The number of para-hydroxylation sites is 2. The highest BCUT2D eigenvalue weighted by molar-refractivity contribution is 6.03. The molecule has 0 spiro atoms. The van der Waals surface area contributed by atoms with Gasteiger partial charge in [0, 0.05) is 10.8 Å². The Morgan fingerprint density at radius 1 is 1.00 bits per heavy atom. The van der Waals surface area contributed by atoms with Gasteiger partial charge in [0.15, 0.2) is 5.69 Å². The van der Waals surface area contributed by atoms with Crippen molar-refractivity contribution in [3.8, 4) is 5.69 Å². The molecule has 0 saturated heterocycles. The number of nitrogens with zero attached hydrogens (tertiary/aromatic N) is 4. The van der Waals surface area contributed by atoms with Crippen LogP contribution in [0.4, 0.5) is 0 Å². The van der Waals surface area contributed by atoms with Crippen molar-refractivity contribution in [1.29, 1.82) is 0 Å². The number of pyridine rings is 1. The van der Waals surface area contributed by atoms with E-state index in [1.165, 1.54) is 0 Å². The second-order valence-corrected chi connectivity index (χ2v) is 5.02. The van der Waals surface area contributed by atoms with Gasteiger partial charge in [0.05, 0.1) is 22.9 Å². The van der Waals surface area contributed by atoms with Crippen molar-refractivity contribution in [2.75, 3.05) is 0 Å². The lowest BCUT2D eigenvalue weighted by atomic mass is 10.1. The first-order chi connectivity index (χ1) is 11.3. The standard InChI is InChI=1S/C16H12N6O/c17-19-16(23)14-9-22(21-20-14)15-10-5-1-3-7-12(10)18-13-8-4-2-6-11(13)15/h1-9H,17H2,(H,19,23). The van der Waals surface area contributed by atoms with Gasteiger partial charge in [0.25, 0.3) is 5.91 Å². The number of amides is 1. The van der Waals surface area contributed by atoms with Crippen molar-refractivity contribution in [2.24, 2.45) is 5.84 Å². The minimum atomic E-state index is -0.487. The molecule has 0 saturated carbocycles. The predicted molar refractivity (Wildman–Crippen MR) is 85.8 cm³/mol. The highest BCUT2D eigenvalue weighted by atomic mass is 16.2. The molecule has 0 radical (unpaired) electrons. The smallest absolute Gasteiger partial charge is 0.287 e. The quantitative estimate of drug-likeness (QED) is 0.253. The van der Waals surface area contributed by atoms with Crippen molar-refractivity contribution >= 4 is 27.7 Å². The van der Waals surface area contributed by atoms with Crippen molar-refractivity contribution in [2.45, 2.75) is 0 Å². The molecule has 0 atom stereocenters. The van der Waals surface area contributed by atoms with Crippen molar-refractivity contribution in [3.05, 3.63) is 60.4 Å². The summed E-state index contributed by atoms with van der Waals surface area (Å²) < 4.78 is 1.58. The van der Waals surface area contributed by atoms with Crippen LogP contribution in [-0.4, -0.2) is 25.9 Å². The minimum Gasteiger partial charge on any atom is -0.289 e. The van der Waals surface area contributed by atoms with Crippen LogP contribution in [0.25, 0.3) is 27.5 Å². The number of hydrogen-bond acceptors (Lipinski definition) is 5. The first-order valence-corrected chi connectivity index (χ1v) is 6.99. The molecule has 7 heteroatoms. The summed E-state index contributed by atoms with van der Waals surface area (Å²) in [5.41, 5.74) is 4.73. The van der Waals surface area contributed by atoms with E-state index in [-0.39, 0.29) is 5.69 Å². The van der Waals surface area contributed by atoms with Crippen LogP contribution in [0.15, 0.2) is 54.7 Å². The molecule has 2 heterocycles. The van der Waals surface area contributed by atoms with Gasteiger partial charge in [-0.25, -0.2) is 15.5 Å². The zero-order chi connectivity index (χ0) is 15.8. The van der Waals surface area contributed by atoms with Crippen LogP contribution in [0.3, 0.4) is 0 Å². The van der Waals surface area contributed by atoms with E-state index in [1.54, 1.807) is 10.9 Å². The summed E-state index contributed by atoms with van der Waals surface area (Å²) in [7, 11) is 0. The summed E-state index contributed by atoms with van der Waals surface area (Å²) in [6.45, 7) is 0. The van der Waals surface area contributed by atoms with E-state index in [9.17, 15) is 4.79 Å². The number of carbonyl (C=O) groups excluding carboxylic acids is 1. The maximum absolute atomic E-state index is 11.6. The highest BCUT2D eigenvalue weighted by Gasteiger charge is 2.15. The van der Waals surface area contributed by atoms with Crippen LogP contribution in [0.1, 0.15) is 10.5 Å². The number of benzene rings is 2. The third kappa shape index (κ3) is 2.11. The first kappa shape index (κ1) is 13.4. The fraction of sp³-hybridized carbons (Fsp3) is 0. The molecule has 0 fully saturated rings. The fourth-order valence-corrected chi connectivity index (χ4v) is 2.62. The second-order valence-electron chi connectivity index (χ2n) is 5.02. The van der Waals surface area contributed by atoms with Crippen molar-refractivity contribution in [1.82, 2.24) is 25.4 Å². The molecule has 0 aliphatic rings. The zero-order valence-corrected chi connectivity index (χ0v) is 12.0. The summed E-state index contributed by atoms with van der Waals surface area (Å²) >= 11 is 0. The number of aromatic nitrogens is 4. The lowest BCUT2D eigenvalue weighted by Crippen LogP contribution is -2.30. The van der Waals surface area contributed by atoms with E-state index in [0.29, 0.717) is 0 Å². The third-order valence-corrected chi connectivity index (χ3v) is 3.65. The Balaban J connectivity index is 2.07. The van der Waals surface area contributed by atoms with E-state index in [4.69, 9.17) is 5.84 Å². The van der Waals surface area contributed by atoms with Gasteiger partial charge < -0.3 is 0 Å². The van der Waals surface area contributed by atoms with E-state index in [0.717, 1.165) is 27.5 Å². The Labute approximate surface area is 130 Å². The van der Waals surface area contributed by atoms with Gasteiger partial charge >= 0.3 is 0 Å². The number of hydrazine groups is 1. The molecule has 4 aromatic rings. The number of hydrogen-bond donors (Lipinski definition) is 2. The number of rotatable bonds is 2. The maximum atomic E-state index is 11.6.